The molecule has 0 spiro atoms. The van der Waals surface area contributed by atoms with Gasteiger partial charge in [-0.3, -0.25) is 5.43 Å². The van der Waals surface area contributed by atoms with Crippen molar-refractivity contribution < 1.29 is 38.4 Å². The van der Waals surface area contributed by atoms with Crippen LogP contribution in [0.4, 0.5) is 4.79 Å². The second-order valence-corrected chi connectivity index (χ2v) is 11.6. The van der Waals surface area contributed by atoms with Crippen molar-refractivity contribution in [3.8, 4) is 23.0 Å². The molecule has 0 bridgehead atoms. The van der Waals surface area contributed by atoms with E-state index in [1.165, 1.54) is 20.4 Å². The Morgan fingerprint density at radius 1 is 1.04 bits per heavy atom. The number of halogens is 3. The fraction of sp³-hybridized carbons (Fsp3) is 0.281. The second kappa shape index (κ2) is 16.6. The van der Waals surface area contributed by atoms with Crippen LogP contribution in [0.5, 0.6) is 23.0 Å². The summed E-state index contributed by atoms with van der Waals surface area (Å²) in [5.74, 6) is 1.08. The summed E-state index contributed by atoms with van der Waals surface area (Å²) >= 11 is 15.6. The predicted molar refractivity (Wildman–Crippen MR) is 180 cm³/mol. The minimum atomic E-state index is -1.19. The number of aliphatic hydroxyl groups excluding tert-OH is 1. The summed E-state index contributed by atoms with van der Waals surface area (Å²) in [5, 5.41) is 20.9. The molecule has 0 saturated carbocycles. The summed E-state index contributed by atoms with van der Waals surface area (Å²) in [4.78, 5) is 24.6. The number of amides is 2. The lowest BCUT2D eigenvalue weighted by Gasteiger charge is -2.28. The number of esters is 1. The molecule has 47 heavy (non-hydrogen) atoms. The summed E-state index contributed by atoms with van der Waals surface area (Å²) in [5.41, 5.74) is 5.32. The molecule has 12 nitrogen and oxygen atoms in total. The van der Waals surface area contributed by atoms with Gasteiger partial charge in [0.1, 0.15) is 13.2 Å². The number of hydrazone groups is 1. The van der Waals surface area contributed by atoms with E-state index in [2.05, 4.69) is 37.1 Å². The molecule has 1 heterocycles. The van der Waals surface area contributed by atoms with E-state index in [0.29, 0.717) is 60.9 Å². The molecule has 0 fully saturated rings. The van der Waals surface area contributed by atoms with Crippen LogP contribution in [-0.2, 0) is 16.1 Å². The Labute approximate surface area is 290 Å². The minimum Gasteiger partial charge on any atom is -0.493 e. The maximum absolute atomic E-state index is 12.5. The van der Waals surface area contributed by atoms with Gasteiger partial charge in [0.05, 0.1) is 48.7 Å². The Kier molecular flexibility index (Phi) is 12.6. The molecule has 0 radical (unpaired) electrons. The van der Waals surface area contributed by atoms with Gasteiger partial charge in [-0.15, -0.1) is 0 Å². The highest BCUT2D eigenvalue weighted by Crippen LogP contribution is 2.36. The Hall–Kier alpha value is -4.17. The van der Waals surface area contributed by atoms with Crippen LogP contribution in [-0.4, -0.2) is 57.0 Å². The second-order valence-electron chi connectivity index (χ2n) is 9.98. The van der Waals surface area contributed by atoms with Crippen molar-refractivity contribution >= 4 is 57.3 Å². The third kappa shape index (κ3) is 9.22. The molecule has 0 aliphatic carbocycles. The number of hydrogen-bond donors (Lipinski definition) is 4. The van der Waals surface area contributed by atoms with E-state index in [-0.39, 0.29) is 18.8 Å². The topological polar surface area (TPSA) is 149 Å². The van der Waals surface area contributed by atoms with Crippen LogP contribution in [0.25, 0.3) is 0 Å². The van der Waals surface area contributed by atoms with Crippen molar-refractivity contribution in [2.75, 3.05) is 27.4 Å². The van der Waals surface area contributed by atoms with E-state index < -0.39 is 24.3 Å². The van der Waals surface area contributed by atoms with E-state index in [1.54, 1.807) is 56.3 Å². The molecule has 4 N–H and O–H groups in total. The fourth-order valence-corrected chi connectivity index (χ4v) is 5.27. The zero-order chi connectivity index (χ0) is 34.1. The lowest BCUT2D eigenvalue weighted by molar-refractivity contribution is -0.136. The number of carbonyl (C=O) groups is 2. The number of hydrogen-bond acceptors (Lipinski definition) is 10. The first-order valence-electron chi connectivity index (χ1n) is 14.2. The number of methoxy groups -OCH3 is 2. The Bertz CT molecular complexity index is 1690. The van der Waals surface area contributed by atoms with Gasteiger partial charge < -0.3 is 39.4 Å². The summed E-state index contributed by atoms with van der Waals surface area (Å²) in [6.07, 6.45) is 0.316. The SMILES string of the molecule is CCOc1cc([C@H]2NC(=O)NC(C)=C2C(=O)OC)ccc1OC[C@@H](O)N/N=C\c1cc(OC)c(OCc2ccc(Cl)c(Cl)c2)cc1Br. The van der Waals surface area contributed by atoms with Crippen LogP contribution in [0, 0.1) is 0 Å². The monoisotopic (exact) mass is 750 g/mol. The molecule has 0 unspecified atom stereocenters. The molecule has 0 saturated heterocycles. The molecule has 1 aliphatic heterocycles. The average Bonchev–Trinajstić information content (AvgIpc) is 3.04. The van der Waals surface area contributed by atoms with E-state index in [0.717, 1.165) is 5.56 Å². The maximum atomic E-state index is 12.5. The number of ether oxygens (including phenoxy) is 5. The molecule has 3 aromatic carbocycles. The largest absolute Gasteiger partial charge is 0.493 e. The Balaban J connectivity index is 1.39. The molecule has 1 aliphatic rings. The number of urea groups is 1. The van der Waals surface area contributed by atoms with Crippen LogP contribution >= 0.6 is 39.1 Å². The zero-order valence-electron chi connectivity index (χ0n) is 25.9. The fourth-order valence-electron chi connectivity index (χ4n) is 4.53. The predicted octanol–water partition coefficient (Wildman–Crippen LogP) is 5.86. The average molecular weight is 752 g/mol. The quantitative estimate of drug-likeness (QED) is 0.0688. The smallest absolute Gasteiger partial charge is 0.337 e. The van der Waals surface area contributed by atoms with Gasteiger partial charge in [-0.25, -0.2) is 9.59 Å². The van der Waals surface area contributed by atoms with Gasteiger partial charge >= 0.3 is 12.0 Å². The number of aliphatic hydroxyl groups is 1. The normalized spacial score (nSPS) is 15.1. The van der Waals surface area contributed by atoms with Crippen LogP contribution in [0.2, 0.25) is 10.0 Å². The first-order valence-corrected chi connectivity index (χ1v) is 15.8. The highest BCUT2D eigenvalue weighted by atomic mass is 79.9. The third-order valence-corrected chi connectivity index (χ3v) is 8.19. The number of carbonyl (C=O) groups excluding carboxylic acids is 2. The molecule has 4 rings (SSSR count). The molecule has 250 valence electrons. The van der Waals surface area contributed by atoms with Crippen molar-refractivity contribution in [1.82, 2.24) is 16.1 Å². The number of allylic oxidation sites excluding steroid dienone is 1. The number of nitrogens with one attached hydrogen (secondary N) is 3. The van der Waals surface area contributed by atoms with Crippen molar-refractivity contribution in [1.29, 1.82) is 0 Å². The van der Waals surface area contributed by atoms with Gasteiger partial charge in [0, 0.05) is 15.7 Å². The highest BCUT2D eigenvalue weighted by Gasteiger charge is 2.32. The third-order valence-electron chi connectivity index (χ3n) is 6.76. The highest BCUT2D eigenvalue weighted by molar-refractivity contribution is 9.10. The first-order chi connectivity index (χ1) is 22.5. The number of rotatable bonds is 14. The van der Waals surface area contributed by atoms with Crippen molar-refractivity contribution in [2.45, 2.75) is 32.7 Å². The summed E-state index contributed by atoms with van der Waals surface area (Å²) in [7, 11) is 2.79. The standard InChI is InChI=1S/C32H33BrCl2N4O8/c1-5-45-26-11-19(30-29(31(41)44-4)17(2)37-32(42)38-30)7-9-24(26)47-16-28(40)39-36-14-20-12-25(43-3)27(13-21(20)33)46-15-18-6-8-22(34)23(35)10-18/h6-14,28,30,39-40H,5,15-16H2,1-4H3,(H2,37,38,42)/b36-14-/t28-,30-/m1/s1. The van der Waals surface area contributed by atoms with Crippen LogP contribution in [0.1, 0.15) is 36.6 Å². The van der Waals surface area contributed by atoms with Crippen molar-refractivity contribution in [3.63, 3.8) is 0 Å². The lowest BCUT2D eigenvalue weighted by atomic mass is 9.95. The first kappa shape index (κ1) is 35.7. The van der Waals surface area contributed by atoms with Gasteiger partial charge in [-0.05, 0) is 77.3 Å². The Morgan fingerprint density at radius 2 is 1.81 bits per heavy atom. The van der Waals surface area contributed by atoms with Crippen molar-refractivity contribution in [3.05, 3.63) is 91.0 Å². The van der Waals surface area contributed by atoms with E-state index >= 15 is 0 Å². The maximum Gasteiger partial charge on any atom is 0.337 e. The van der Waals surface area contributed by atoms with Gasteiger partial charge in [0.15, 0.2) is 29.2 Å². The molecular weight excluding hydrogens is 719 g/mol. The van der Waals surface area contributed by atoms with E-state index in [9.17, 15) is 14.7 Å². The zero-order valence-corrected chi connectivity index (χ0v) is 29.0. The molecular formula is C32H33BrCl2N4O8. The lowest BCUT2D eigenvalue weighted by Crippen LogP contribution is -2.45. The molecule has 3 aromatic rings. The number of nitrogens with zero attached hydrogens (tertiary/aromatic N) is 1. The van der Waals surface area contributed by atoms with Crippen LogP contribution < -0.4 is 35.0 Å². The molecule has 15 heteroatoms. The molecule has 2 atom stereocenters. The Morgan fingerprint density at radius 3 is 2.51 bits per heavy atom. The van der Waals surface area contributed by atoms with Crippen LogP contribution in [0.3, 0.4) is 0 Å². The van der Waals surface area contributed by atoms with E-state index in [4.69, 9.17) is 46.9 Å². The molecule has 0 aromatic heterocycles. The van der Waals surface area contributed by atoms with E-state index in [1.807, 2.05) is 6.07 Å². The van der Waals surface area contributed by atoms with Crippen LogP contribution in [0.15, 0.2) is 69.4 Å². The van der Waals surface area contributed by atoms with Gasteiger partial charge in [-0.1, -0.05) is 35.3 Å². The summed E-state index contributed by atoms with van der Waals surface area (Å²) < 4.78 is 28.6. The summed E-state index contributed by atoms with van der Waals surface area (Å²) in [6.45, 7) is 3.81. The summed E-state index contributed by atoms with van der Waals surface area (Å²) in [6, 6.07) is 12.5. The van der Waals surface area contributed by atoms with Gasteiger partial charge in [0.25, 0.3) is 0 Å². The molecule has 2 amide bonds. The minimum absolute atomic E-state index is 0.181. The number of benzene rings is 3. The van der Waals surface area contributed by atoms with Crippen molar-refractivity contribution in [2.24, 2.45) is 5.10 Å². The van der Waals surface area contributed by atoms with Gasteiger partial charge in [-0.2, -0.15) is 5.10 Å². The van der Waals surface area contributed by atoms with Gasteiger partial charge in [0.2, 0.25) is 0 Å².